The van der Waals surface area contributed by atoms with Crippen molar-refractivity contribution in [1.82, 2.24) is 29.0 Å². The van der Waals surface area contributed by atoms with Crippen LogP contribution in [-0.4, -0.2) is 45.8 Å². The fourth-order valence-electron chi connectivity index (χ4n) is 3.61. The van der Waals surface area contributed by atoms with Gasteiger partial charge in [-0.05, 0) is 49.6 Å². The van der Waals surface area contributed by atoms with E-state index in [-0.39, 0.29) is 16.7 Å². The number of esters is 1. The number of benzene rings is 1. The number of sulfonamides is 1. The Morgan fingerprint density at radius 3 is 2.73 bits per heavy atom. The summed E-state index contributed by atoms with van der Waals surface area (Å²) in [6, 6.07) is 9.83. The van der Waals surface area contributed by atoms with Gasteiger partial charge >= 0.3 is 12.0 Å². The number of ether oxygens (including phenoxy) is 2. The highest BCUT2D eigenvalue weighted by Crippen LogP contribution is 2.26. The van der Waals surface area contributed by atoms with E-state index in [1.54, 1.807) is 11.5 Å². The zero-order valence-corrected chi connectivity index (χ0v) is 19.4. The number of hydrogen-bond donors (Lipinski definition) is 2. The summed E-state index contributed by atoms with van der Waals surface area (Å²) >= 11 is 0. The highest BCUT2D eigenvalue weighted by Gasteiger charge is 2.27. The van der Waals surface area contributed by atoms with Crippen LogP contribution < -0.4 is 9.46 Å². The maximum atomic E-state index is 13.0. The van der Waals surface area contributed by atoms with E-state index in [4.69, 9.17) is 4.74 Å². The van der Waals surface area contributed by atoms with Gasteiger partial charge in [-0.3, -0.25) is 4.57 Å². The Morgan fingerprint density at radius 2 is 2.00 bits per heavy atom. The number of nitrogens with zero attached hydrogens (tertiary/aromatic N) is 4. The Morgan fingerprint density at radius 1 is 1.21 bits per heavy atom. The number of H-pyrrole nitrogens is 1. The van der Waals surface area contributed by atoms with Gasteiger partial charge in [-0.25, -0.2) is 13.2 Å². The summed E-state index contributed by atoms with van der Waals surface area (Å²) in [5.74, 6) is 0.336. The van der Waals surface area contributed by atoms with E-state index >= 15 is 0 Å². The molecule has 0 aliphatic heterocycles. The second-order valence-electron chi connectivity index (χ2n) is 7.36. The first-order valence-electron chi connectivity index (χ1n) is 10.2. The summed E-state index contributed by atoms with van der Waals surface area (Å²) in [5, 5.41) is 9.24. The fourth-order valence-corrected chi connectivity index (χ4v) is 5.00. The van der Waals surface area contributed by atoms with Crippen molar-refractivity contribution in [3.63, 3.8) is 0 Å². The number of aromatic amines is 1. The number of aromatic nitrogens is 5. The maximum absolute atomic E-state index is 13.0. The van der Waals surface area contributed by atoms with Gasteiger partial charge < -0.3 is 19.0 Å². The molecule has 0 saturated carbocycles. The molecule has 0 unspecified atom stereocenters. The molecule has 0 fully saturated rings. The van der Waals surface area contributed by atoms with E-state index < -0.39 is 22.0 Å². The number of carbonyl (C=O) groups excluding carboxylic acids is 1. The molecule has 0 bridgehead atoms. The van der Waals surface area contributed by atoms with E-state index in [1.165, 1.54) is 30.9 Å². The lowest BCUT2D eigenvalue weighted by molar-refractivity contribution is 0.0589. The van der Waals surface area contributed by atoms with Gasteiger partial charge in [0, 0.05) is 31.4 Å². The van der Waals surface area contributed by atoms with Crippen LogP contribution >= 0.6 is 0 Å². The molecule has 11 nitrogen and oxygen atoms in total. The first-order valence-corrected chi connectivity index (χ1v) is 11.7. The number of methoxy groups -OCH3 is 1. The molecule has 0 spiro atoms. The number of rotatable bonds is 8. The number of carbonyl (C=O) groups is 1. The van der Waals surface area contributed by atoms with Crippen molar-refractivity contribution >= 4 is 26.9 Å². The Hall–Kier alpha value is -3.64. The molecule has 0 radical (unpaired) electrons. The Bertz CT molecular complexity index is 1420. The van der Waals surface area contributed by atoms with Crippen LogP contribution in [0.1, 0.15) is 36.2 Å². The SMILES string of the molecule is CCn1c(Oc2ccc3cc[nH]c3c2)nnc1[C@@H](C)NS(=O)(=O)c1ccc(C(=O)OC)n1C. The van der Waals surface area contributed by atoms with Gasteiger partial charge in [-0.1, -0.05) is 5.10 Å². The third-order valence-electron chi connectivity index (χ3n) is 5.26. The van der Waals surface area contributed by atoms with Crippen LogP contribution in [0.4, 0.5) is 0 Å². The van der Waals surface area contributed by atoms with Gasteiger partial charge in [0.1, 0.15) is 11.4 Å². The minimum Gasteiger partial charge on any atom is -0.464 e. The topological polar surface area (TPSA) is 133 Å². The first kappa shape index (κ1) is 22.6. The minimum atomic E-state index is -3.97. The van der Waals surface area contributed by atoms with E-state index in [0.29, 0.717) is 18.1 Å². The van der Waals surface area contributed by atoms with Crippen molar-refractivity contribution in [2.24, 2.45) is 7.05 Å². The van der Waals surface area contributed by atoms with Crippen LogP contribution in [0.15, 0.2) is 47.6 Å². The summed E-state index contributed by atoms with van der Waals surface area (Å²) in [6.45, 7) is 4.01. The Kier molecular flexibility index (Phi) is 5.95. The Labute approximate surface area is 190 Å². The van der Waals surface area contributed by atoms with Gasteiger partial charge in [0.15, 0.2) is 10.9 Å². The number of nitrogens with one attached hydrogen (secondary N) is 2. The molecule has 0 saturated heterocycles. The van der Waals surface area contributed by atoms with Crippen LogP contribution in [0.25, 0.3) is 10.9 Å². The maximum Gasteiger partial charge on any atom is 0.354 e. The van der Waals surface area contributed by atoms with E-state index in [1.807, 2.05) is 37.4 Å². The predicted octanol–water partition coefficient (Wildman–Crippen LogP) is 2.74. The molecular weight excluding hydrogens is 448 g/mol. The van der Waals surface area contributed by atoms with E-state index in [9.17, 15) is 13.2 Å². The molecule has 0 amide bonds. The molecule has 4 rings (SSSR count). The van der Waals surface area contributed by atoms with Crippen LogP contribution in [0.5, 0.6) is 11.8 Å². The number of hydrogen-bond acceptors (Lipinski definition) is 7. The lowest BCUT2D eigenvalue weighted by Gasteiger charge is -2.16. The summed E-state index contributed by atoms with van der Waals surface area (Å²) in [4.78, 5) is 14.9. The van der Waals surface area contributed by atoms with Crippen LogP contribution in [0, 0.1) is 0 Å². The average molecular weight is 473 g/mol. The van der Waals surface area contributed by atoms with Gasteiger partial charge in [0.05, 0.1) is 13.2 Å². The second kappa shape index (κ2) is 8.71. The standard InChI is InChI=1S/C21H24N6O5S/c1-5-27-19(23-24-21(27)32-15-7-6-14-10-11-22-16(14)12-15)13(2)25-33(29,30)18-9-8-17(26(18)3)20(28)31-4/h6-13,22,25H,5H2,1-4H3/t13-/m1/s1. The van der Waals surface area contributed by atoms with E-state index in [0.717, 1.165) is 10.9 Å². The minimum absolute atomic E-state index is 0.0759. The summed E-state index contributed by atoms with van der Waals surface area (Å²) in [6.07, 6.45) is 1.84. The van der Waals surface area contributed by atoms with Crippen LogP contribution in [0.3, 0.4) is 0 Å². The van der Waals surface area contributed by atoms with Gasteiger partial charge in [-0.2, -0.15) is 4.72 Å². The van der Waals surface area contributed by atoms with Crippen molar-refractivity contribution in [1.29, 1.82) is 0 Å². The van der Waals surface area contributed by atoms with Crippen molar-refractivity contribution < 1.29 is 22.7 Å². The fraction of sp³-hybridized carbons (Fsp3) is 0.286. The summed E-state index contributed by atoms with van der Waals surface area (Å²) in [5.41, 5.74) is 1.04. The first-order chi connectivity index (χ1) is 15.7. The lowest BCUT2D eigenvalue weighted by atomic mass is 10.2. The predicted molar refractivity (Wildman–Crippen MR) is 120 cm³/mol. The van der Waals surface area contributed by atoms with Gasteiger partial charge in [0.2, 0.25) is 0 Å². The second-order valence-corrected chi connectivity index (χ2v) is 9.03. The van der Waals surface area contributed by atoms with Gasteiger partial charge in [-0.15, -0.1) is 5.10 Å². The molecule has 174 valence electrons. The van der Waals surface area contributed by atoms with Crippen molar-refractivity contribution in [3.05, 3.63) is 54.1 Å². The molecular formula is C21H24N6O5S. The molecule has 2 N–H and O–H groups in total. The Balaban J connectivity index is 1.57. The third kappa shape index (κ3) is 4.22. The molecule has 0 aliphatic rings. The summed E-state index contributed by atoms with van der Waals surface area (Å²) < 4.78 is 42.1. The van der Waals surface area contributed by atoms with Crippen LogP contribution in [-0.2, 0) is 28.4 Å². The molecule has 1 aromatic carbocycles. The molecule has 0 aliphatic carbocycles. The monoisotopic (exact) mass is 472 g/mol. The number of fused-ring (bicyclic) bond motifs is 1. The van der Waals surface area contributed by atoms with E-state index in [2.05, 4.69) is 24.6 Å². The van der Waals surface area contributed by atoms with Crippen molar-refractivity contribution in [2.75, 3.05) is 7.11 Å². The van der Waals surface area contributed by atoms with Crippen molar-refractivity contribution in [3.8, 4) is 11.8 Å². The molecule has 3 aromatic heterocycles. The van der Waals surface area contributed by atoms with Gasteiger partial charge in [0.25, 0.3) is 10.0 Å². The molecule has 4 aromatic rings. The van der Waals surface area contributed by atoms with Crippen molar-refractivity contribution in [2.45, 2.75) is 31.5 Å². The molecule has 3 heterocycles. The molecule has 12 heteroatoms. The highest BCUT2D eigenvalue weighted by molar-refractivity contribution is 7.89. The quantitative estimate of drug-likeness (QED) is 0.377. The van der Waals surface area contributed by atoms with Crippen LogP contribution in [0.2, 0.25) is 0 Å². The lowest BCUT2D eigenvalue weighted by Crippen LogP contribution is -2.30. The smallest absolute Gasteiger partial charge is 0.354 e. The highest BCUT2D eigenvalue weighted by atomic mass is 32.2. The zero-order chi connectivity index (χ0) is 23.8. The normalized spacial score (nSPS) is 12.7. The zero-order valence-electron chi connectivity index (χ0n) is 18.6. The molecule has 33 heavy (non-hydrogen) atoms. The largest absolute Gasteiger partial charge is 0.464 e. The molecule has 1 atom stereocenters. The third-order valence-corrected chi connectivity index (χ3v) is 6.89. The summed E-state index contributed by atoms with van der Waals surface area (Å²) in [7, 11) is -1.26. The average Bonchev–Trinajstić information content (AvgIpc) is 3.50.